The topological polar surface area (TPSA) is 0 Å². The van der Waals surface area contributed by atoms with E-state index in [1.165, 1.54) is 6.92 Å². The Hall–Kier alpha value is -0.120. The first-order valence-corrected chi connectivity index (χ1v) is 2.72. The van der Waals surface area contributed by atoms with Crippen molar-refractivity contribution in [2.24, 2.45) is 0 Å². The van der Waals surface area contributed by atoms with Crippen molar-refractivity contribution in [2.75, 3.05) is 0 Å². The fourth-order valence-corrected chi connectivity index (χ4v) is 0.622. The lowest BCUT2D eigenvalue weighted by molar-refractivity contribution is 0.492. The van der Waals surface area contributed by atoms with Crippen LogP contribution >= 0.6 is 37.2 Å². The molecule has 0 spiro atoms. The van der Waals surface area contributed by atoms with Gasteiger partial charge in [0.1, 0.15) is 5.82 Å². The molecule has 0 N–H and O–H groups in total. The van der Waals surface area contributed by atoms with Crippen LogP contribution in [0.2, 0.25) is 0 Å². The van der Waals surface area contributed by atoms with E-state index in [0.29, 0.717) is 6.07 Å². The van der Waals surface area contributed by atoms with E-state index in [4.69, 9.17) is 0 Å². The van der Waals surface area contributed by atoms with Crippen LogP contribution in [0.1, 0.15) is 5.56 Å². The largest absolute Gasteiger partial charge is 0.207 e. The third kappa shape index (κ3) is 4.60. The molecule has 6 heteroatoms. The molecule has 0 aromatic heterocycles. The Kier molecular flexibility index (Phi) is 10.5. The maximum atomic E-state index is 12.4. The summed E-state index contributed by atoms with van der Waals surface area (Å²) >= 11 is 0. The van der Waals surface area contributed by atoms with Gasteiger partial charge in [0.15, 0.2) is 11.6 Å². The molecule has 0 bridgehead atoms. The second kappa shape index (κ2) is 7.30. The van der Waals surface area contributed by atoms with E-state index in [-0.39, 0.29) is 42.8 Å². The molecule has 0 unspecified atom stereocenters. The van der Waals surface area contributed by atoms with Crippen molar-refractivity contribution >= 4 is 37.2 Å². The standard InChI is InChI=1S/C7H5F3.3ClH/c1-4-2-6(9)7(10)3-5(4)8;;;/h2-3H,1H3;3*1H. The summed E-state index contributed by atoms with van der Waals surface area (Å²) in [6.45, 7) is 1.37. The minimum absolute atomic E-state index is 0. The quantitative estimate of drug-likeness (QED) is 0.620. The molecule has 0 saturated carbocycles. The van der Waals surface area contributed by atoms with E-state index in [0.717, 1.165) is 6.07 Å². The van der Waals surface area contributed by atoms with Crippen molar-refractivity contribution in [2.45, 2.75) is 6.92 Å². The van der Waals surface area contributed by atoms with Crippen LogP contribution in [0.15, 0.2) is 12.1 Å². The van der Waals surface area contributed by atoms with Crippen LogP contribution in [0.5, 0.6) is 0 Å². The van der Waals surface area contributed by atoms with Gasteiger partial charge in [-0.1, -0.05) is 0 Å². The number of hydrogen-bond donors (Lipinski definition) is 0. The van der Waals surface area contributed by atoms with Crippen molar-refractivity contribution in [1.82, 2.24) is 0 Å². The monoisotopic (exact) mass is 254 g/mol. The van der Waals surface area contributed by atoms with E-state index in [1.807, 2.05) is 0 Å². The lowest BCUT2D eigenvalue weighted by Gasteiger charge is -1.95. The Morgan fingerprint density at radius 1 is 0.769 bits per heavy atom. The highest BCUT2D eigenvalue weighted by atomic mass is 35.5. The van der Waals surface area contributed by atoms with E-state index < -0.39 is 17.5 Å². The minimum Gasteiger partial charge on any atom is -0.207 e. The Balaban J connectivity index is -0.000000333. The number of benzene rings is 1. The smallest absolute Gasteiger partial charge is 0.161 e. The summed E-state index contributed by atoms with van der Waals surface area (Å²) in [4.78, 5) is 0. The Morgan fingerprint density at radius 2 is 1.15 bits per heavy atom. The third-order valence-corrected chi connectivity index (χ3v) is 1.20. The van der Waals surface area contributed by atoms with Gasteiger partial charge in [0, 0.05) is 6.07 Å². The van der Waals surface area contributed by atoms with Gasteiger partial charge in [0.25, 0.3) is 0 Å². The van der Waals surface area contributed by atoms with E-state index in [2.05, 4.69) is 0 Å². The molecule has 0 aliphatic carbocycles. The van der Waals surface area contributed by atoms with Gasteiger partial charge >= 0.3 is 0 Å². The van der Waals surface area contributed by atoms with Crippen LogP contribution in [0.25, 0.3) is 0 Å². The average molecular weight is 255 g/mol. The first-order chi connectivity index (χ1) is 4.61. The zero-order chi connectivity index (χ0) is 7.72. The molecule has 0 amide bonds. The summed E-state index contributed by atoms with van der Waals surface area (Å²) in [6.07, 6.45) is 0. The van der Waals surface area contributed by atoms with Gasteiger partial charge in [0.2, 0.25) is 0 Å². The molecule has 0 fully saturated rings. The van der Waals surface area contributed by atoms with Crippen LogP contribution in [0.4, 0.5) is 13.2 Å². The molecule has 0 atom stereocenters. The second-order valence-corrected chi connectivity index (χ2v) is 2.02. The van der Waals surface area contributed by atoms with E-state index in [9.17, 15) is 13.2 Å². The summed E-state index contributed by atoms with van der Waals surface area (Å²) < 4.78 is 36.7. The average Bonchev–Trinajstić information content (AvgIpc) is 1.84. The molecule has 0 saturated heterocycles. The summed E-state index contributed by atoms with van der Waals surface area (Å²) in [7, 11) is 0. The van der Waals surface area contributed by atoms with E-state index in [1.54, 1.807) is 0 Å². The summed E-state index contributed by atoms with van der Waals surface area (Å²) in [5.74, 6) is -2.89. The normalized spacial score (nSPS) is 7.69. The molecule has 0 aliphatic heterocycles. The van der Waals surface area contributed by atoms with Crippen LogP contribution in [0, 0.1) is 24.4 Å². The van der Waals surface area contributed by atoms with Gasteiger partial charge in [-0.3, -0.25) is 0 Å². The van der Waals surface area contributed by atoms with Gasteiger partial charge in [-0.15, -0.1) is 37.2 Å². The molecule has 0 heterocycles. The molecule has 1 aromatic carbocycles. The zero-order valence-electron chi connectivity index (χ0n) is 6.51. The summed E-state index contributed by atoms with van der Waals surface area (Å²) in [6, 6.07) is 1.36. The molecule has 1 rings (SSSR count). The number of hydrogen-bond acceptors (Lipinski definition) is 0. The molecular formula is C7H8Cl3F3. The predicted octanol–water partition coefficient (Wildman–Crippen LogP) is 3.68. The van der Waals surface area contributed by atoms with Gasteiger partial charge in [0.05, 0.1) is 0 Å². The lowest BCUT2D eigenvalue weighted by atomic mass is 10.2. The molecule has 0 radical (unpaired) electrons. The van der Waals surface area contributed by atoms with Gasteiger partial charge in [-0.2, -0.15) is 0 Å². The van der Waals surface area contributed by atoms with Crippen molar-refractivity contribution < 1.29 is 13.2 Å². The predicted molar refractivity (Wildman–Crippen MR) is 52.8 cm³/mol. The highest BCUT2D eigenvalue weighted by Crippen LogP contribution is 2.11. The summed E-state index contributed by atoms with van der Waals surface area (Å²) in [5.41, 5.74) is 0.110. The molecular weight excluding hydrogens is 247 g/mol. The highest BCUT2D eigenvalue weighted by molar-refractivity contribution is 5.86. The third-order valence-electron chi connectivity index (χ3n) is 1.20. The molecule has 78 valence electrons. The molecule has 0 aliphatic rings. The van der Waals surface area contributed by atoms with Crippen molar-refractivity contribution in [3.8, 4) is 0 Å². The number of rotatable bonds is 0. The first-order valence-electron chi connectivity index (χ1n) is 2.72. The molecule has 1 aromatic rings. The van der Waals surface area contributed by atoms with Gasteiger partial charge < -0.3 is 0 Å². The fourth-order valence-electron chi connectivity index (χ4n) is 0.622. The van der Waals surface area contributed by atoms with Crippen LogP contribution in [0.3, 0.4) is 0 Å². The van der Waals surface area contributed by atoms with Crippen LogP contribution < -0.4 is 0 Å². The van der Waals surface area contributed by atoms with Gasteiger partial charge in [-0.25, -0.2) is 13.2 Å². The summed E-state index contributed by atoms with van der Waals surface area (Å²) in [5, 5.41) is 0. The van der Waals surface area contributed by atoms with Crippen molar-refractivity contribution in [1.29, 1.82) is 0 Å². The van der Waals surface area contributed by atoms with Crippen LogP contribution in [-0.4, -0.2) is 0 Å². The Labute approximate surface area is 92.8 Å². The number of halogens is 6. The number of aryl methyl sites for hydroxylation is 1. The molecule has 0 nitrogen and oxygen atoms in total. The fraction of sp³-hybridized carbons (Fsp3) is 0.143. The van der Waals surface area contributed by atoms with Gasteiger partial charge in [-0.05, 0) is 18.6 Å². The lowest BCUT2D eigenvalue weighted by Crippen LogP contribution is -1.89. The molecule has 13 heavy (non-hydrogen) atoms. The van der Waals surface area contributed by atoms with Crippen LogP contribution in [-0.2, 0) is 0 Å². The zero-order valence-corrected chi connectivity index (χ0v) is 8.96. The first kappa shape index (κ1) is 18.6. The SMILES string of the molecule is Cc1cc(F)c(F)cc1F.Cl.Cl.Cl. The maximum Gasteiger partial charge on any atom is 0.161 e. The highest BCUT2D eigenvalue weighted by Gasteiger charge is 2.04. The van der Waals surface area contributed by atoms with Crippen molar-refractivity contribution in [3.05, 3.63) is 35.1 Å². The maximum absolute atomic E-state index is 12.4. The Bertz CT molecular complexity index is 215. The Morgan fingerprint density at radius 3 is 1.54 bits per heavy atom. The second-order valence-electron chi connectivity index (χ2n) is 2.02. The van der Waals surface area contributed by atoms with E-state index >= 15 is 0 Å². The van der Waals surface area contributed by atoms with Crippen molar-refractivity contribution in [3.63, 3.8) is 0 Å². The minimum atomic E-state index is -1.15.